The Morgan fingerprint density at radius 1 is 1.03 bits per heavy atom. The van der Waals surface area contributed by atoms with Crippen LogP contribution in [0.5, 0.6) is 0 Å². The average Bonchev–Trinajstić information content (AvgIpc) is 3.59. The number of nitrogens with one attached hydrogen (secondary N) is 2. The first-order valence-electron chi connectivity index (χ1n) is 9.89. The molecule has 1 aliphatic carbocycles. The molecule has 1 aromatic heterocycles. The maximum atomic E-state index is 12.9. The number of hydrogen-bond donors (Lipinski definition) is 3. The summed E-state index contributed by atoms with van der Waals surface area (Å²) in [5.74, 6) is -0.572. The molecule has 0 atom stereocenters. The number of halogens is 1. The molecule has 1 fully saturated rings. The number of carbonyl (C=O) groups is 2. The molecule has 0 bridgehead atoms. The monoisotopic (exact) mass is 480 g/mol. The summed E-state index contributed by atoms with van der Waals surface area (Å²) in [6.45, 7) is 0.266. The Bertz CT molecular complexity index is 1220. The van der Waals surface area contributed by atoms with E-state index in [-0.39, 0.29) is 24.1 Å². The van der Waals surface area contributed by atoms with Crippen LogP contribution in [0.4, 0.5) is 5.69 Å². The number of anilines is 1. The number of benzene rings is 2. The van der Waals surface area contributed by atoms with E-state index >= 15 is 0 Å². The third-order valence-electron chi connectivity index (χ3n) is 5.03. The zero-order valence-corrected chi connectivity index (χ0v) is 18.2. The van der Waals surface area contributed by atoms with Crippen LogP contribution in [-0.4, -0.2) is 22.4 Å². The normalized spacial score (nSPS) is 13.0. The molecule has 0 aliphatic heterocycles. The molecule has 1 saturated carbocycles. The summed E-state index contributed by atoms with van der Waals surface area (Å²) in [5.41, 5.74) is 8.18. The van der Waals surface area contributed by atoms with E-state index in [2.05, 4.69) is 26.6 Å². The van der Waals surface area contributed by atoms with Gasteiger partial charge in [-0.15, -0.1) is 0 Å². The Kier molecular flexibility index (Phi) is 6.01. The molecule has 31 heavy (non-hydrogen) atoms. The van der Waals surface area contributed by atoms with Crippen molar-refractivity contribution in [2.45, 2.75) is 25.4 Å². The van der Waals surface area contributed by atoms with Crippen molar-refractivity contribution >= 4 is 33.4 Å². The first-order chi connectivity index (χ1) is 15.0. The Morgan fingerprint density at radius 3 is 2.52 bits per heavy atom. The molecular weight excluding hydrogens is 460 g/mol. The highest BCUT2D eigenvalue weighted by Crippen LogP contribution is 2.25. The largest absolute Gasteiger partial charge is 0.349 e. The summed E-state index contributed by atoms with van der Waals surface area (Å²) >= 11 is 3.41. The minimum Gasteiger partial charge on any atom is -0.349 e. The number of nitrogens with zero attached hydrogens (tertiary/aromatic N) is 1. The fourth-order valence-corrected chi connectivity index (χ4v) is 3.53. The number of hydrogen-bond acceptors (Lipinski definition) is 4. The first kappa shape index (κ1) is 21.0. The van der Waals surface area contributed by atoms with Gasteiger partial charge in [0.05, 0.1) is 16.9 Å². The summed E-state index contributed by atoms with van der Waals surface area (Å²) in [5, 5.41) is 5.74. The number of aromatic nitrogens is 1. The van der Waals surface area contributed by atoms with Crippen molar-refractivity contribution < 1.29 is 9.59 Å². The van der Waals surface area contributed by atoms with E-state index < -0.39 is 5.91 Å². The van der Waals surface area contributed by atoms with Crippen LogP contribution in [0.2, 0.25) is 0 Å². The number of para-hydroxylation sites is 1. The summed E-state index contributed by atoms with van der Waals surface area (Å²) < 4.78 is 2.05. The Morgan fingerprint density at radius 2 is 1.77 bits per heavy atom. The Hall–Kier alpha value is -3.23. The van der Waals surface area contributed by atoms with E-state index in [1.54, 1.807) is 24.3 Å². The van der Waals surface area contributed by atoms with E-state index in [0.29, 0.717) is 27.0 Å². The Balaban J connectivity index is 1.61. The predicted molar refractivity (Wildman–Crippen MR) is 123 cm³/mol. The van der Waals surface area contributed by atoms with Crippen LogP contribution in [0.25, 0.3) is 5.69 Å². The second-order valence-corrected chi connectivity index (χ2v) is 8.21. The fourth-order valence-electron chi connectivity index (χ4n) is 3.18. The van der Waals surface area contributed by atoms with Crippen LogP contribution in [0, 0.1) is 0 Å². The molecule has 0 spiro atoms. The molecule has 2 aromatic carbocycles. The molecule has 3 aromatic rings. The quantitative estimate of drug-likeness (QED) is 0.503. The highest BCUT2D eigenvalue weighted by molar-refractivity contribution is 9.10. The van der Waals surface area contributed by atoms with Gasteiger partial charge in [0.25, 0.3) is 17.4 Å². The van der Waals surface area contributed by atoms with Crippen molar-refractivity contribution in [1.29, 1.82) is 0 Å². The standard InChI is InChI=1S/C23H21BrN4O3/c24-18-9-5-14(22(30)26-17-7-8-17)11-19(18)27-23(31)16-6-10-21(29)28(13-16)20-4-2-1-3-15(20)12-25/h1-6,9-11,13,17H,7-8,12,25H2,(H,26,30)(H,27,31). The zero-order chi connectivity index (χ0) is 22.0. The molecule has 4 rings (SSSR count). The van der Waals surface area contributed by atoms with Crippen molar-refractivity contribution in [2.75, 3.05) is 5.32 Å². The molecule has 7 nitrogen and oxygen atoms in total. The first-order valence-corrected chi connectivity index (χ1v) is 10.7. The third-order valence-corrected chi connectivity index (χ3v) is 5.73. The molecule has 0 unspecified atom stereocenters. The predicted octanol–water partition coefficient (Wildman–Crippen LogP) is 3.20. The van der Waals surface area contributed by atoms with Gasteiger partial charge in [-0.2, -0.15) is 0 Å². The van der Waals surface area contributed by atoms with Crippen molar-refractivity contribution in [3.63, 3.8) is 0 Å². The van der Waals surface area contributed by atoms with E-state index in [1.807, 2.05) is 18.2 Å². The molecule has 1 heterocycles. The lowest BCUT2D eigenvalue weighted by molar-refractivity contribution is 0.0949. The van der Waals surface area contributed by atoms with Gasteiger partial charge >= 0.3 is 0 Å². The van der Waals surface area contributed by atoms with Gasteiger partial charge in [-0.1, -0.05) is 18.2 Å². The van der Waals surface area contributed by atoms with Crippen LogP contribution >= 0.6 is 15.9 Å². The molecule has 0 radical (unpaired) electrons. The number of nitrogens with two attached hydrogens (primary N) is 1. The highest BCUT2D eigenvalue weighted by Gasteiger charge is 2.24. The van der Waals surface area contributed by atoms with Gasteiger partial charge in [-0.05, 0) is 64.7 Å². The van der Waals surface area contributed by atoms with Crippen molar-refractivity contribution in [3.8, 4) is 5.69 Å². The molecule has 2 amide bonds. The Labute approximate surface area is 187 Å². The smallest absolute Gasteiger partial charge is 0.257 e. The number of rotatable bonds is 6. The maximum absolute atomic E-state index is 12.9. The molecular formula is C23H21BrN4O3. The SMILES string of the molecule is NCc1ccccc1-n1cc(C(=O)Nc2cc(C(=O)NC3CC3)ccc2Br)ccc1=O. The van der Waals surface area contributed by atoms with Gasteiger partial charge in [0.15, 0.2) is 0 Å². The van der Waals surface area contributed by atoms with E-state index in [1.165, 1.54) is 22.9 Å². The number of pyridine rings is 1. The second kappa shape index (κ2) is 8.87. The minimum atomic E-state index is -0.403. The molecule has 4 N–H and O–H groups in total. The van der Waals surface area contributed by atoms with Gasteiger partial charge < -0.3 is 16.4 Å². The molecule has 1 aliphatic rings. The van der Waals surface area contributed by atoms with Gasteiger partial charge in [0, 0.05) is 34.9 Å². The summed E-state index contributed by atoms with van der Waals surface area (Å²) in [4.78, 5) is 37.7. The van der Waals surface area contributed by atoms with Crippen LogP contribution in [0.15, 0.2) is 70.1 Å². The number of amides is 2. The summed E-state index contributed by atoms with van der Waals surface area (Å²) in [6, 6.07) is 15.4. The van der Waals surface area contributed by atoms with Gasteiger partial charge in [-0.25, -0.2) is 0 Å². The van der Waals surface area contributed by atoms with Gasteiger partial charge in [0.2, 0.25) is 0 Å². The molecule has 158 valence electrons. The van der Waals surface area contributed by atoms with E-state index in [9.17, 15) is 14.4 Å². The maximum Gasteiger partial charge on any atom is 0.257 e. The van der Waals surface area contributed by atoms with E-state index in [0.717, 1.165) is 18.4 Å². The zero-order valence-electron chi connectivity index (χ0n) is 16.6. The van der Waals surface area contributed by atoms with Crippen LogP contribution in [0.3, 0.4) is 0 Å². The van der Waals surface area contributed by atoms with Crippen LogP contribution in [-0.2, 0) is 6.54 Å². The van der Waals surface area contributed by atoms with E-state index in [4.69, 9.17) is 5.73 Å². The van der Waals surface area contributed by atoms with Gasteiger partial charge in [0.1, 0.15) is 0 Å². The molecule has 0 saturated heterocycles. The van der Waals surface area contributed by atoms with Gasteiger partial charge in [-0.3, -0.25) is 19.0 Å². The fraction of sp³-hybridized carbons (Fsp3) is 0.174. The van der Waals surface area contributed by atoms with Crippen LogP contribution in [0.1, 0.15) is 39.1 Å². The lowest BCUT2D eigenvalue weighted by Crippen LogP contribution is -2.25. The van der Waals surface area contributed by atoms with Crippen molar-refractivity contribution in [1.82, 2.24) is 9.88 Å². The van der Waals surface area contributed by atoms with Crippen molar-refractivity contribution in [2.24, 2.45) is 5.73 Å². The topological polar surface area (TPSA) is 106 Å². The van der Waals surface area contributed by atoms with Crippen molar-refractivity contribution in [3.05, 3.63) is 92.3 Å². The number of carbonyl (C=O) groups excluding carboxylic acids is 2. The minimum absolute atomic E-state index is 0.169. The molecule has 8 heteroatoms. The lowest BCUT2D eigenvalue weighted by atomic mass is 10.1. The van der Waals surface area contributed by atoms with Crippen LogP contribution < -0.4 is 21.9 Å². The third kappa shape index (κ3) is 4.76. The lowest BCUT2D eigenvalue weighted by Gasteiger charge is -2.13. The highest BCUT2D eigenvalue weighted by atomic mass is 79.9. The summed E-state index contributed by atoms with van der Waals surface area (Å²) in [6.07, 6.45) is 3.48. The summed E-state index contributed by atoms with van der Waals surface area (Å²) in [7, 11) is 0. The second-order valence-electron chi connectivity index (χ2n) is 7.36. The average molecular weight is 481 g/mol.